The molecule has 0 radical (unpaired) electrons. The van der Waals surface area contributed by atoms with E-state index in [1.54, 1.807) is 12.5 Å². The van der Waals surface area contributed by atoms with Gasteiger partial charge in [-0.2, -0.15) is 0 Å². The first-order valence-electron chi connectivity index (χ1n) is 10.7. The highest BCUT2D eigenvalue weighted by Crippen LogP contribution is 2.23. The molecule has 30 heavy (non-hydrogen) atoms. The first kappa shape index (κ1) is 20.5. The molecule has 1 saturated carbocycles. The summed E-state index contributed by atoms with van der Waals surface area (Å²) in [6, 6.07) is 7.81. The number of hydrogen-bond donors (Lipinski definition) is 1. The first-order chi connectivity index (χ1) is 14.5. The number of ether oxygens (including phenoxy) is 1. The number of pyridine rings is 1. The fraction of sp³-hybridized carbons (Fsp3) is 0.478. The van der Waals surface area contributed by atoms with Crippen molar-refractivity contribution in [3.63, 3.8) is 0 Å². The van der Waals surface area contributed by atoms with E-state index in [2.05, 4.69) is 29.1 Å². The standard InChI is InChI=1S/C23H29N5O2/c1-15(2)13-30-18-9-7-17(8-10-18)26-23(29)21-22-27-20(19-6-4-5-11-24-19)12-16(3)28(22)14-25-21/h4-6,11-12,14-15,17-18H,7-10,13H2,1-3H3,(H,26,29). The Morgan fingerprint density at radius 1 is 1.20 bits per heavy atom. The van der Waals surface area contributed by atoms with Crippen LogP contribution in [0.3, 0.4) is 0 Å². The lowest BCUT2D eigenvalue weighted by atomic mass is 9.93. The van der Waals surface area contributed by atoms with Crippen molar-refractivity contribution in [3.8, 4) is 11.4 Å². The lowest BCUT2D eigenvalue weighted by Crippen LogP contribution is -2.39. The van der Waals surface area contributed by atoms with Gasteiger partial charge in [-0.05, 0) is 56.7 Å². The third kappa shape index (κ3) is 4.51. The number of carbonyl (C=O) groups is 1. The second kappa shape index (κ2) is 8.92. The monoisotopic (exact) mass is 407 g/mol. The van der Waals surface area contributed by atoms with E-state index in [0.717, 1.165) is 49.4 Å². The van der Waals surface area contributed by atoms with Gasteiger partial charge in [0.25, 0.3) is 5.91 Å². The molecule has 0 unspecified atom stereocenters. The maximum absolute atomic E-state index is 13.0. The van der Waals surface area contributed by atoms with E-state index in [4.69, 9.17) is 9.72 Å². The Morgan fingerprint density at radius 3 is 2.70 bits per heavy atom. The molecule has 1 fully saturated rings. The van der Waals surface area contributed by atoms with Crippen LogP contribution in [0.15, 0.2) is 36.8 Å². The Bertz CT molecular complexity index is 1010. The van der Waals surface area contributed by atoms with Gasteiger partial charge in [-0.1, -0.05) is 19.9 Å². The summed E-state index contributed by atoms with van der Waals surface area (Å²) in [5.74, 6) is 0.373. The SMILES string of the molecule is Cc1cc(-c2ccccn2)nc2c(C(=O)NC3CCC(OCC(C)C)CC3)ncn12. The van der Waals surface area contributed by atoms with Gasteiger partial charge in [0.15, 0.2) is 11.3 Å². The van der Waals surface area contributed by atoms with Gasteiger partial charge >= 0.3 is 0 Å². The molecule has 7 heteroatoms. The Balaban J connectivity index is 1.47. The van der Waals surface area contributed by atoms with Crippen LogP contribution in [-0.4, -0.2) is 44.0 Å². The van der Waals surface area contributed by atoms with Gasteiger partial charge in [0.1, 0.15) is 6.33 Å². The first-order valence-corrected chi connectivity index (χ1v) is 10.7. The number of nitrogens with one attached hydrogen (secondary N) is 1. The molecule has 0 spiro atoms. The molecule has 4 rings (SSSR count). The highest BCUT2D eigenvalue weighted by molar-refractivity contribution is 5.98. The number of rotatable bonds is 6. The fourth-order valence-electron chi connectivity index (χ4n) is 3.88. The predicted octanol–water partition coefficient (Wildman–Crippen LogP) is 3.81. The van der Waals surface area contributed by atoms with Gasteiger partial charge in [0.2, 0.25) is 0 Å². The van der Waals surface area contributed by atoms with Gasteiger partial charge in [-0.25, -0.2) is 9.97 Å². The smallest absolute Gasteiger partial charge is 0.274 e. The third-order valence-corrected chi connectivity index (χ3v) is 5.51. The van der Waals surface area contributed by atoms with E-state index in [1.807, 2.05) is 35.6 Å². The lowest BCUT2D eigenvalue weighted by molar-refractivity contribution is 0.00858. The van der Waals surface area contributed by atoms with Crippen LogP contribution in [0.5, 0.6) is 0 Å². The van der Waals surface area contributed by atoms with E-state index < -0.39 is 0 Å². The molecule has 3 aromatic rings. The van der Waals surface area contributed by atoms with Crippen LogP contribution in [-0.2, 0) is 4.74 Å². The summed E-state index contributed by atoms with van der Waals surface area (Å²) in [6.07, 6.45) is 7.50. The average Bonchev–Trinajstić information content (AvgIpc) is 3.18. The maximum atomic E-state index is 13.0. The molecule has 3 heterocycles. The quantitative estimate of drug-likeness (QED) is 0.672. The number of hydrogen-bond acceptors (Lipinski definition) is 5. The largest absolute Gasteiger partial charge is 0.378 e. The van der Waals surface area contributed by atoms with Crippen LogP contribution in [0.4, 0.5) is 0 Å². The molecule has 0 aliphatic heterocycles. The van der Waals surface area contributed by atoms with Gasteiger partial charge < -0.3 is 10.1 Å². The summed E-state index contributed by atoms with van der Waals surface area (Å²) in [4.78, 5) is 26.4. The normalized spacial score (nSPS) is 19.3. The maximum Gasteiger partial charge on any atom is 0.274 e. The van der Waals surface area contributed by atoms with Crippen LogP contribution in [0.1, 0.15) is 55.7 Å². The molecule has 0 saturated heterocycles. The zero-order valence-corrected chi connectivity index (χ0v) is 17.8. The Labute approximate surface area is 176 Å². The summed E-state index contributed by atoms with van der Waals surface area (Å²) in [7, 11) is 0. The Morgan fingerprint density at radius 2 is 2.00 bits per heavy atom. The van der Waals surface area contributed by atoms with E-state index in [9.17, 15) is 4.79 Å². The second-order valence-electron chi connectivity index (χ2n) is 8.46. The van der Waals surface area contributed by atoms with E-state index >= 15 is 0 Å². The molecular formula is C23H29N5O2. The Hall–Kier alpha value is -2.80. The summed E-state index contributed by atoms with van der Waals surface area (Å²) >= 11 is 0. The van der Waals surface area contributed by atoms with Gasteiger partial charge in [0.05, 0.1) is 17.5 Å². The van der Waals surface area contributed by atoms with Crippen molar-refractivity contribution in [2.45, 2.75) is 58.6 Å². The minimum absolute atomic E-state index is 0.146. The fourth-order valence-corrected chi connectivity index (χ4v) is 3.88. The Kier molecular flexibility index (Phi) is 6.08. The number of carbonyl (C=O) groups excluding carboxylic acids is 1. The van der Waals surface area contributed by atoms with E-state index in [1.165, 1.54) is 0 Å². The second-order valence-corrected chi connectivity index (χ2v) is 8.46. The molecule has 7 nitrogen and oxygen atoms in total. The van der Waals surface area contributed by atoms with Gasteiger partial charge in [-0.3, -0.25) is 14.2 Å². The molecule has 0 bridgehead atoms. The van der Waals surface area contributed by atoms with Crippen LogP contribution in [0.2, 0.25) is 0 Å². The molecule has 1 aliphatic rings. The highest BCUT2D eigenvalue weighted by Gasteiger charge is 2.25. The molecular weight excluding hydrogens is 378 g/mol. The van der Waals surface area contributed by atoms with Crippen molar-refractivity contribution < 1.29 is 9.53 Å². The van der Waals surface area contributed by atoms with E-state index in [-0.39, 0.29) is 11.9 Å². The highest BCUT2D eigenvalue weighted by atomic mass is 16.5. The number of amides is 1. The number of aryl methyl sites for hydroxylation is 1. The molecule has 158 valence electrons. The molecule has 0 aromatic carbocycles. The number of aromatic nitrogens is 4. The zero-order chi connectivity index (χ0) is 21.1. The van der Waals surface area contributed by atoms with Crippen molar-refractivity contribution in [1.29, 1.82) is 0 Å². The minimum Gasteiger partial charge on any atom is -0.378 e. The van der Waals surface area contributed by atoms with Crippen LogP contribution in [0.25, 0.3) is 17.0 Å². The number of imidazole rings is 1. The average molecular weight is 408 g/mol. The van der Waals surface area contributed by atoms with Crippen LogP contribution >= 0.6 is 0 Å². The minimum atomic E-state index is -0.172. The molecule has 1 aliphatic carbocycles. The summed E-state index contributed by atoms with van der Waals surface area (Å²) in [5.41, 5.74) is 3.37. The third-order valence-electron chi connectivity index (χ3n) is 5.51. The van der Waals surface area contributed by atoms with Gasteiger partial charge in [-0.15, -0.1) is 0 Å². The number of nitrogens with zero attached hydrogens (tertiary/aromatic N) is 4. The molecule has 1 amide bonds. The van der Waals surface area contributed by atoms with Crippen LogP contribution in [0, 0.1) is 12.8 Å². The zero-order valence-electron chi connectivity index (χ0n) is 17.8. The van der Waals surface area contributed by atoms with Crippen molar-refractivity contribution in [2.24, 2.45) is 5.92 Å². The summed E-state index contributed by atoms with van der Waals surface area (Å²) in [6.45, 7) is 7.10. The summed E-state index contributed by atoms with van der Waals surface area (Å²) in [5, 5.41) is 3.15. The number of fused-ring (bicyclic) bond motifs is 1. The molecule has 3 aromatic heterocycles. The molecule has 0 atom stereocenters. The topological polar surface area (TPSA) is 81.4 Å². The van der Waals surface area contributed by atoms with Crippen molar-refractivity contribution in [1.82, 2.24) is 24.7 Å². The lowest BCUT2D eigenvalue weighted by Gasteiger charge is -2.29. The van der Waals surface area contributed by atoms with Crippen molar-refractivity contribution in [2.75, 3.05) is 6.61 Å². The van der Waals surface area contributed by atoms with Crippen molar-refractivity contribution >= 4 is 11.6 Å². The van der Waals surface area contributed by atoms with Gasteiger partial charge in [0, 0.05) is 24.5 Å². The molecule has 1 N–H and O–H groups in total. The summed E-state index contributed by atoms with van der Waals surface area (Å²) < 4.78 is 7.80. The van der Waals surface area contributed by atoms with E-state index in [0.29, 0.717) is 23.4 Å². The van der Waals surface area contributed by atoms with Crippen LogP contribution < -0.4 is 5.32 Å². The predicted molar refractivity (Wildman–Crippen MR) is 115 cm³/mol. The van der Waals surface area contributed by atoms with Crippen molar-refractivity contribution in [3.05, 3.63) is 48.2 Å².